The van der Waals surface area contributed by atoms with Crippen LogP contribution in [-0.4, -0.2) is 27.9 Å². The van der Waals surface area contributed by atoms with Gasteiger partial charge in [-0.15, -0.1) is 0 Å². The predicted molar refractivity (Wildman–Crippen MR) is 90.2 cm³/mol. The molecule has 0 amide bonds. The van der Waals surface area contributed by atoms with Gasteiger partial charge in [-0.2, -0.15) is 0 Å². The second-order valence-electron chi connectivity index (χ2n) is 5.16. The molecule has 2 aromatic rings. The van der Waals surface area contributed by atoms with Crippen LogP contribution in [0.15, 0.2) is 71.4 Å². The molecule has 114 valence electrons. The van der Waals surface area contributed by atoms with Crippen LogP contribution in [0.4, 0.5) is 0 Å². The van der Waals surface area contributed by atoms with Crippen molar-refractivity contribution in [1.29, 1.82) is 0 Å². The zero-order valence-corrected chi connectivity index (χ0v) is 14.4. The molecule has 2 atom stereocenters. The van der Waals surface area contributed by atoms with Crippen LogP contribution in [0, 0.1) is 0 Å². The van der Waals surface area contributed by atoms with Gasteiger partial charge in [-0.25, -0.2) is 0 Å². The molecule has 0 bridgehead atoms. The summed E-state index contributed by atoms with van der Waals surface area (Å²) >= 11 is 0.277. The molecule has 3 rings (SSSR count). The number of hydrogen-bond acceptors (Lipinski definition) is 2. The first-order valence-electron chi connectivity index (χ1n) is 7.62. The average molecular weight is 359 g/mol. The maximum atomic E-state index is 5.79. The maximum absolute atomic E-state index is 5.79. The van der Waals surface area contributed by atoms with E-state index in [2.05, 4.69) is 60.7 Å². The van der Waals surface area contributed by atoms with Gasteiger partial charge in [0.25, 0.3) is 0 Å². The molecule has 0 unspecified atom stereocenters. The number of benzene rings is 2. The summed E-state index contributed by atoms with van der Waals surface area (Å²) in [7, 11) is 0. The molecule has 2 nitrogen and oxygen atoms in total. The van der Waals surface area contributed by atoms with E-state index in [0.29, 0.717) is 12.5 Å². The van der Waals surface area contributed by atoms with Gasteiger partial charge in [0.2, 0.25) is 0 Å². The van der Waals surface area contributed by atoms with Crippen molar-refractivity contribution in [2.75, 3.05) is 6.61 Å². The standard InChI is InChI=1S/C19H20O2Se/c1-2-20-19-13-17(15-9-5-3-6-10-15)18(14-21-19)22-16-11-7-4-8-12-16/h3-12,14,17,19H,2,13H2,1H3/t17-,19+/m0/s1. The van der Waals surface area contributed by atoms with Gasteiger partial charge < -0.3 is 0 Å². The number of hydrogen-bond donors (Lipinski definition) is 0. The van der Waals surface area contributed by atoms with Gasteiger partial charge in [0.05, 0.1) is 0 Å². The molecule has 0 aromatic heterocycles. The van der Waals surface area contributed by atoms with E-state index in [1.165, 1.54) is 14.5 Å². The van der Waals surface area contributed by atoms with E-state index < -0.39 is 0 Å². The SMILES string of the molecule is CCO[C@H]1C[C@@H](c2ccccc2)C([Se]c2ccccc2)=CO1. The van der Waals surface area contributed by atoms with Crippen LogP contribution < -0.4 is 4.46 Å². The Hall–Kier alpha value is -1.54. The van der Waals surface area contributed by atoms with Crippen molar-refractivity contribution in [3.63, 3.8) is 0 Å². The molecule has 1 aliphatic rings. The number of rotatable bonds is 5. The van der Waals surface area contributed by atoms with Gasteiger partial charge in [0, 0.05) is 0 Å². The van der Waals surface area contributed by atoms with E-state index in [1.54, 1.807) is 0 Å². The minimum atomic E-state index is -0.134. The molecule has 1 heterocycles. The van der Waals surface area contributed by atoms with Crippen molar-refractivity contribution < 1.29 is 9.47 Å². The van der Waals surface area contributed by atoms with E-state index in [4.69, 9.17) is 9.47 Å². The van der Waals surface area contributed by atoms with Gasteiger partial charge in [-0.1, -0.05) is 0 Å². The number of ether oxygens (including phenoxy) is 2. The zero-order valence-electron chi connectivity index (χ0n) is 12.6. The van der Waals surface area contributed by atoms with Crippen LogP contribution in [0.3, 0.4) is 0 Å². The molecule has 0 N–H and O–H groups in total. The van der Waals surface area contributed by atoms with Crippen molar-refractivity contribution in [3.8, 4) is 0 Å². The summed E-state index contributed by atoms with van der Waals surface area (Å²) in [4.78, 5) is 0. The second kappa shape index (κ2) is 7.64. The Balaban J connectivity index is 1.84. The van der Waals surface area contributed by atoms with Crippen LogP contribution in [-0.2, 0) is 9.47 Å². The van der Waals surface area contributed by atoms with Gasteiger partial charge in [-0.3, -0.25) is 0 Å². The van der Waals surface area contributed by atoms with Crippen molar-refractivity contribution in [3.05, 3.63) is 77.0 Å². The summed E-state index contributed by atoms with van der Waals surface area (Å²) in [5.41, 5.74) is 1.35. The molecule has 0 radical (unpaired) electrons. The van der Waals surface area contributed by atoms with Crippen molar-refractivity contribution in [2.24, 2.45) is 0 Å². The Morgan fingerprint density at radius 3 is 2.41 bits per heavy atom. The molecule has 3 heteroatoms. The molecule has 0 saturated carbocycles. The van der Waals surface area contributed by atoms with Crippen molar-refractivity contribution in [1.82, 2.24) is 0 Å². The third-order valence-electron chi connectivity index (χ3n) is 3.64. The second-order valence-corrected chi connectivity index (χ2v) is 7.56. The molecule has 2 aromatic carbocycles. The first-order valence-corrected chi connectivity index (χ1v) is 9.33. The summed E-state index contributed by atoms with van der Waals surface area (Å²) < 4.78 is 14.2. The minimum absolute atomic E-state index is 0.134. The summed E-state index contributed by atoms with van der Waals surface area (Å²) in [5, 5.41) is 0. The fourth-order valence-electron chi connectivity index (χ4n) is 2.59. The molecular formula is C19H20O2Se. The first-order chi connectivity index (χ1) is 10.9. The average Bonchev–Trinajstić information content (AvgIpc) is 2.58. The Bertz CT molecular complexity index is 610. The van der Waals surface area contributed by atoms with Gasteiger partial charge in [0.1, 0.15) is 0 Å². The number of allylic oxidation sites excluding steroid dienone is 1. The molecule has 1 aliphatic heterocycles. The zero-order chi connectivity index (χ0) is 15.2. The summed E-state index contributed by atoms with van der Waals surface area (Å²) in [6.45, 7) is 2.69. The van der Waals surface area contributed by atoms with E-state index in [9.17, 15) is 0 Å². The van der Waals surface area contributed by atoms with Gasteiger partial charge in [0.15, 0.2) is 0 Å². The van der Waals surface area contributed by atoms with Gasteiger partial charge in [-0.05, 0) is 0 Å². The third-order valence-corrected chi connectivity index (χ3v) is 6.00. The van der Waals surface area contributed by atoms with E-state index >= 15 is 0 Å². The molecular weight excluding hydrogens is 339 g/mol. The topological polar surface area (TPSA) is 18.5 Å². The van der Waals surface area contributed by atoms with E-state index in [1.807, 2.05) is 13.2 Å². The molecule has 0 spiro atoms. The van der Waals surface area contributed by atoms with E-state index in [0.717, 1.165) is 6.42 Å². The normalized spacial score (nSPS) is 21.0. The monoisotopic (exact) mass is 360 g/mol. The Kier molecular flexibility index (Phi) is 5.33. The molecule has 22 heavy (non-hydrogen) atoms. The van der Waals surface area contributed by atoms with Crippen LogP contribution in [0.5, 0.6) is 0 Å². The fourth-order valence-corrected chi connectivity index (χ4v) is 4.78. The predicted octanol–water partition coefficient (Wildman–Crippen LogP) is 3.42. The van der Waals surface area contributed by atoms with Crippen LogP contribution >= 0.6 is 0 Å². The quantitative estimate of drug-likeness (QED) is 0.762. The molecule has 0 fully saturated rings. The fraction of sp³-hybridized carbons (Fsp3) is 0.263. The van der Waals surface area contributed by atoms with Crippen LogP contribution in [0.1, 0.15) is 24.8 Å². The Labute approximate surface area is 138 Å². The summed E-state index contributed by atoms with van der Waals surface area (Å²) in [5.74, 6) is 0.381. The van der Waals surface area contributed by atoms with Crippen LogP contribution in [0.2, 0.25) is 0 Å². The van der Waals surface area contributed by atoms with E-state index in [-0.39, 0.29) is 21.2 Å². The summed E-state index contributed by atoms with van der Waals surface area (Å²) in [6, 6.07) is 21.3. The summed E-state index contributed by atoms with van der Waals surface area (Å²) in [6.07, 6.45) is 2.69. The molecule has 0 aliphatic carbocycles. The van der Waals surface area contributed by atoms with Gasteiger partial charge >= 0.3 is 138 Å². The van der Waals surface area contributed by atoms with Crippen molar-refractivity contribution >= 4 is 19.4 Å². The van der Waals surface area contributed by atoms with Crippen molar-refractivity contribution in [2.45, 2.75) is 25.6 Å². The first kappa shape index (κ1) is 15.4. The Morgan fingerprint density at radius 1 is 1.05 bits per heavy atom. The van der Waals surface area contributed by atoms with Crippen LogP contribution in [0.25, 0.3) is 0 Å². The Morgan fingerprint density at radius 2 is 1.73 bits per heavy atom. The third kappa shape index (κ3) is 3.80. The molecule has 0 saturated heterocycles.